The highest BCUT2D eigenvalue weighted by atomic mass is 79.9. The van der Waals surface area contributed by atoms with E-state index in [0.29, 0.717) is 11.8 Å². The highest BCUT2D eigenvalue weighted by molar-refractivity contribution is 9.09. The molecule has 3 aromatic carbocycles. The van der Waals surface area contributed by atoms with Gasteiger partial charge in [0.1, 0.15) is 0 Å². The van der Waals surface area contributed by atoms with Crippen LogP contribution in [0.2, 0.25) is 0 Å². The number of anilines is 2. The summed E-state index contributed by atoms with van der Waals surface area (Å²) in [6, 6.07) is 23.7. The quantitative estimate of drug-likeness (QED) is 0.273. The summed E-state index contributed by atoms with van der Waals surface area (Å²) in [5, 5.41) is 6.31. The Kier molecular flexibility index (Phi) is 5.83. The molecule has 0 aliphatic carbocycles. The monoisotopic (exact) mass is 468 g/mol. The molecule has 0 aliphatic rings. The molecule has 6 heteroatoms. The average molecular weight is 469 g/mol. The van der Waals surface area contributed by atoms with Crippen LogP contribution >= 0.6 is 15.9 Å². The first-order chi connectivity index (χ1) is 14.1. The van der Waals surface area contributed by atoms with E-state index in [2.05, 4.69) is 33.4 Å². The maximum atomic E-state index is 12.2. The summed E-state index contributed by atoms with van der Waals surface area (Å²) in [4.78, 5) is 4.75. The van der Waals surface area contributed by atoms with Crippen molar-refractivity contribution in [2.75, 3.05) is 16.4 Å². The molecule has 0 unspecified atom stereocenters. The van der Waals surface area contributed by atoms with Gasteiger partial charge in [-0.15, -0.1) is 0 Å². The molecule has 1 heterocycles. The molecular formula is C23H21BrN2O2S. The Balaban J connectivity index is 1.65. The van der Waals surface area contributed by atoms with E-state index in [4.69, 9.17) is 4.98 Å². The van der Waals surface area contributed by atoms with Crippen LogP contribution in [0.5, 0.6) is 0 Å². The summed E-state index contributed by atoms with van der Waals surface area (Å²) in [6.45, 7) is 0. The fourth-order valence-corrected chi connectivity index (χ4v) is 5.48. The van der Waals surface area contributed by atoms with E-state index in [-0.39, 0.29) is 11.5 Å². The van der Waals surface area contributed by atoms with Gasteiger partial charge in [0.15, 0.2) is 9.84 Å². The number of hydrogen-bond acceptors (Lipinski definition) is 4. The van der Waals surface area contributed by atoms with Crippen LogP contribution in [-0.2, 0) is 15.6 Å². The Labute approximate surface area is 179 Å². The Bertz CT molecular complexity index is 1200. The van der Waals surface area contributed by atoms with Gasteiger partial charge in [-0.3, -0.25) is 0 Å². The molecule has 148 valence electrons. The van der Waals surface area contributed by atoms with E-state index >= 15 is 0 Å². The summed E-state index contributed by atoms with van der Waals surface area (Å²) in [5.74, 6) is 0.272. The van der Waals surface area contributed by atoms with Crippen LogP contribution in [0.4, 0.5) is 11.4 Å². The molecule has 0 bridgehead atoms. The van der Waals surface area contributed by atoms with Gasteiger partial charge >= 0.3 is 0 Å². The molecule has 0 atom stereocenters. The van der Waals surface area contributed by atoms with Gasteiger partial charge in [0, 0.05) is 21.8 Å². The van der Waals surface area contributed by atoms with Crippen molar-refractivity contribution in [3.8, 4) is 0 Å². The van der Waals surface area contributed by atoms with E-state index in [1.807, 2.05) is 60.7 Å². The zero-order valence-electron chi connectivity index (χ0n) is 15.8. The van der Waals surface area contributed by atoms with Gasteiger partial charge in [-0.25, -0.2) is 13.4 Å². The third-order valence-corrected chi connectivity index (χ3v) is 7.03. The SMILES string of the molecule is O=S(=O)(CCCBr)Cc1ccc(Nc2c3ccccc3nc3ccccc23)cc1. The van der Waals surface area contributed by atoms with Crippen LogP contribution < -0.4 is 5.32 Å². The molecule has 0 radical (unpaired) electrons. The number of sulfone groups is 1. The number of hydrogen-bond donors (Lipinski definition) is 1. The lowest BCUT2D eigenvalue weighted by atomic mass is 10.1. The normalized spacial score (nSPS) is 11.8. The summed E-state index contributed by atoms with van der Waals surface area (Å²) in [6.07, 6.45) is 0.629. The number of halogens is 1. The molecule has 0 saturated carbocycles. The van der Waals surface area contributed by atoms with Gasteiger partial charge in [-0.05, 0) is 36.2 Å². The van der Waals surface area contributed by atoms with E-state index in [9.17, 15) is 8.42 Å². The molecule has 29 heavy (non-hydrogen) atoms. The van der Waals surface area contributed by atoms with Gasteiger partial charge in [0.2, 0.25) is 0 Å². The van der Waals surface area contributed by atoms with Crippen LogP contribution in [0.25, 0.3) is 21.8 Å². The van der Waals surface area contributed by atoms with Gasteiger partial charge < -0.3 is 5.32 Å². The molecule has 0 saturated heterocycles. The van der Waals surface area contributed by atoms with Crippen LogP contribution in [0.3, 0.4) is 0 Å². The smallest absolute Gasteiger partial charge is 0.154 e. The first-order valence-electron chi connectivity index (χ1n) is 9.45. The van der Waals surface area contributed by atoms with E-state index in [0.717, 1.165) is 38.7 Å². The fourth-order valence-electron chi connectivity index (χ4n) is 3.40. The topological polar surface area (TPSA) is 59.1 Å². The largest absolute Gasteiger partial charge is 0.354 e. The van der Waals surface area contributed by atoms with Gasteiger partial charge in [-0.2, -0.15) is 0 Å². The zero-order chi connectivity index (χ0) is 20.3. The Morgan fingerprint density at radius 3 is 2.00 bits per heavy atom. The highest BCUT2D eigenvalue weighted by Crippen LogP contribution is 2.33. The third kappa shape index (κ3) is 4.60. The predicted molar refractivity (Wildman–Crippen MR) is 125 cm³/mol. The minimum Gasteiger partial charge on any atom is -0.354 e. The third-order valence-electron chi connectivity index (χ3n) is 4.79. The van der Waals surface area contributed by atoms with Crippen molar-refractivity contribution in [1.29, 1.82) is 0 Å². The molecule has 0 fully saturated rings. The number of rotatable bonds is 7. The molecule has 4 nitrogen and oxygen atoms in total. The molecule has 0 aliphatic heterocycles. The van der Waals surface area contributed by atoms with Crippen molar-refractivity contribution in [3.05, 3.63) is 78.4 Å². The standard InChI is InChI=1S/C23H21BrN2O2S/c24-14-5-15-29(27,28)16-17-10-12-18(13-11-17)25-23-19-6-1-3-8-21(19)26-22-9-4-2-7-20(22)23/h1-4,6-13H,5,14-16H2,(H,25,26). The zero-order valence-corrected chi connectivity index (χ0v) is 18.2. The maximum Gasteiger partial charge on any atom is 0.154 e. The lowest BCUT2D eigenvalue weighted by molar-refractivity contribution is 0.594. The number of alkyl halides is 1. The minimum absolute atomic E-state index is 0.0708. The number of nitrogens with zero attached hydrogens (tertiary/aromatic N) is 1. The van der Waals surface area contributed by atoms with Crippen molar-refractivity contribution in [2.45, 2.75) is 12.2 Å². The first-order valence-corrected chi connectivity index (χ1v) is 12.4. The van der Waals surface area contributed by atoms with Crippen molar-refractivity contribution in [2.24, 2.45) is 0 Å². The maximum absolute atomic E-state index is 12.2. The second-order valence-electron chi connectivity index (χ2n) is 6.98. The average Bonchev–Trinajstić information content (AvgIpc) is 2.73. The van der Waals surface area contributed by atoms with Crippen molar-refractivity contribution in [3.63, 3.8) is 0 Å². The van der Waals surface area contributed by atoms with E-state index < -0.39 is 9.84 Å². The number of pyridine rings is 1. The molecular weight excluding hydrogens is 448 g/mol. The Morgan fingerprint density at radius 2 is 1.41 bits per heavy atom. The lowest BCUT2D eigenvalue weighted by Gasteiger charge is -2.14. The second-order valence-corrected chi connectivity index (χ2v) is 9.95. The van der Waals surface area contributed by atoms with Crippen LogP contribution in [0, 0.1) is 0 Å². The van der Waals surface area contributed by atoms with Crippen LogP contribution in [0.1, 0.15) is 12.0 Å². The van der Waals surface area contributed by atoms with Crippen LogP contribution in [-0.4, -0.2) is 24.5 Å². The van der Waals surface area contributed by atoms with Crippen molar-refractivity contribution in [1.82, 2.24) is 4.98 Å². The first kappa shape index (κ1) is 19.9. The Morgan fingerprint density at radius 1 is 0.828 bits per heavy atom. The number of para-hydroxylation sites is 2. The number of aromatic nitrogens is 1. The Hall–Kier alpha value is -2.44. The molecule has 4 rings (SSSR count). The van der Waals surface area contributed by atoms with Gasteiger partial charge in [-0.1, -0.05) is 64.5 Å². The number of nitrogens with one attached hydrogen (secondary N) is 1. The summed E-state index contributed by atoms with van der Waals surface area (Å²) in [5.41, 5.74) is 4.58. The van der Waals surface area contributed by atoms with Crippen molar-refractivity contribution < 1.29 is 8.42 Å². The number of benzene rings is 3. The second kappa shape index (κ2) is 8.51. The molecule has 4 aromatic rings. The summed E-state index contributed by atoms with van der Waals surface area (Å²) in [7, 11) is -3.08. The highest BCUT2D eigenvalue weighted by Gasteiger charge is 2.12. The molecule has 1 aromatic heterocycles. The molecule has 0 spiro atoms. The van der Waals surface area contributed by atoms with Crippen LogP contribution in [0.15, 0.2) is 72.8 Å². The minimum atomic E-state index is -3.08. The van der Waals surface area contributed by atoms with Crippen molar-refractivity contribution >= 4 is 58.9 Å². The van der Waals surface area contributed by atoms with E-state index in [1.54, 1.807) is 0 Å². The van der Waals surface area contributed by atoms with Gasteiger partial charge in [0.25, 0.3) is 0 Å². The molecule has 0 amide bonds. The molecule has 1 N–H and O–H groups in total. The fraction of sp³-hybridized carbons (Fsp3) is 0.174. The summed E-state index contributed by atoms with van der Waals surface area (Å²) < 4.78 is 24.4. The lowest BCUT2D eigenvalue weighted by Crippen LogP contribution is -2.09. The number of fused-ring (bicyclic) bond motifs is 2. The summed E-state index contributed by atoms with van der Waals surface area (Å²) >= 11 is 3.29. The van der Waals surface area contributed by atoms with Gasteiger partial charge in [0.05, 0.1) is 28.2 Å². The predicted octanol–water partition coefficient (Wildman–Crippen LogP) is 5.83. The van der Waals surface area contributed by atoms with E-state index in [1.165, 1.54) is 0 Å².